The number of piperidine rings is 1. The smallest absolute Gasteiger partial charge is 0.264 e. The van der Waals surface area contributed by atoms with E-state index >= 15 is 0 Å². The molecule has 0 bridgehead atoms. The quantitative estimate of drug-likeness (QED) is 0.755. The average molecular weight is 428 g/mol. The molecule has 0 amide bonds. The Bertz CT molecular complexity index is 1100. The summed E-state index contributed by atoms with van der Waals surface area (Å²) in [5, 5.41) is 0.310. The molecule has 2 aromatic rings. The van der Waals surface area contributed by atoms with E-state index in [9.17, 15) is 4.79 Å². The van der Waals surface area contributed by atoms with Crippen LogP contribution in [0.4, 0.5) is 11.8 Å². The van der Waals surface area contributed by atoms with Crippen molar-refractivity contribution in [1.82, 2.24) is 14.5 Å². The Hall–Kier alpha value is -2.45. The first kappa shape index (κ1) is 19.5. The van der Waals surface area contributed by atoms with Crippen LogP contribution in [-0.2, 0) is 13.6 Å². The summed E-state index contributed by atoms with van der Waals surface area (Å²) in [7, 11) is 1.77. The van der Waals surface area contributed by atoms with Gasteiger partial charge in [0.05, 0.1) is 28.5 Å². The number of anilines is 2. The van der Waals surface area contributed by atoms with Gasteiger partial charge in [-0.15, -0.1) is 0 Å². The second kappa shape index (κ2) is 7.06. The molecule has 1 atom stereocenters. The van der Waals surface area contributed by atoms with Crippen molar-refractivity contribution in [3.05, 3.63) is 44.5 Å². The highest BCUT2D eigenvalue weighted by Gasteiger charge is 2.43. The van der Waals surface area contributed by atoms with Crippen LogP contribution in [-0.4, -0.2) is 39.4 Å². The number of fused-ring (bicyclic) bond motifs is 1. The molecular formula is C21H26ClN7O. The molecule has 3 aliphatic rings. The predicted octanol–water partition coefficient (Wildman–Crippen LogP) is 1.86. The molecule has 1 spiro atoms. The van der Waals surface area contributed by atoms with Crippen LogP contribution in [0.5, 0.6) is 0 Å². The van der Waals surface area contributed by atoms with Crippen molar-refractivity contribution < 1.29 is 0 Å². The number of nitrogen functional groups attached to an aromatic ring is 1. The van der Waals surface area contributed by atoms with Crippen molar-refractivity contribution in [1.29, 1.82) is 0 Å². The second-order valence-electron chi connectivity index (χ2n) is 8.67. The molecular weight excluding hydrogens is 402 g/mol. The SMILES string of the molecule is Cn1c(N2CCC3(CCC[C@H]3N)CC2)nc2c(c1=O)C(c1ccnc(N)c1Cl)=NC2. The summed E-state index contributed by atoms with van der Waals surface area (Å²) in [4.78, 5) is 28.9. The first-order chi connectivity index (χ1) is 14.4. The summed E-state index contributed by atoms with van der Waals surface area (Å²) in [6, 6.07) is 2.03. The molecule has 158 valence electrons. The van der Waals surface area contributed by atoms with Crippen LogP contribution >= 0.6 is 11.6 Å². The first-order valence-electron chi connectivity index (χ1n) is 10.5. The molecule has 2 aromatic heterocycles. The van der Waals surface area contributed by atoms with Gasteiger partial charge in [0.25, 0.3) is 5.56 Å². The van der Waals surface area contributed by atoms with Gasteiger partial charge in [0.15, 0.2) is 0 Å². The van der Waals surface area contributed by atoms with Gasteiger partial charge < -0.3 is 16.4 Å². The Kier molecular flexibility index (Phi) is 4.59. The van der Waals surface area contributed by atoms with E-state index in [4.69, 9.17) is 28.1 Å². The van der Waals surface area contributed by atoms with E-state index in [0.29, 0.717) is 46.1 Å². The van der Waals surface area contributed by atoms with E-state index < -0.39 is 0 Å². The molecule has 4 heterocycles. The van der Waals surface area contributed by atoms with Gasteiger partial charge in [-0.3, -0.25) is 14.4 Å². The van der Waals surface area contributed by atoms with Crippen LogP contribution in [0.1, 0.15) is 48.9 Å². The molecule has 2 aliphatic heterocycles. The minimum absolute atomic E-state index is 0.115. The highest BCUT2D eigenvalue weighted by atomic mass is 35.5. The number of halogens is 1. The van der Waals surface area contributed by atoms with Crippen LogP contribution in [0, 0.1) is 5.41 Å². The van der Waals surface area contributed by atoms with Crippen LogP contribution in [0.3, 0.4) is 0 Å². The third-order valence-electron chi connectivity index (χ3n) is 7.16. The van der Waals surface area contributed by atoms with E-state index in [0.717, 1.165) is 32.4 Å². The van der Waals surface area contributed by atoms with E-state index in [-0.39, 0.29) is 16.8 Å². The lowest BCUT2D eigenvalue weighted by Crippen LogP contribution is -2.48. The molecule has 5 rings (SSSR count). The number of pyridine rings is 1. The molecule has 1 aliphatic carbocycles. The molecule has 8 nitrogen and oxygen atoms in total. The van der Waals surface area contributed by atoms with E-state index in [2.05, 4.69) is 14.9 Å². The van der Waals surface area contributed by atoms with Crippen LogP contribution in [0.25, 0.3) is 0 Å². The van der Waals surface area contributed by atoms with Gasteiger partial charge in [0.1, 0.15) is 5.82 Å². The predicted molar refractivity (Wildman–Crippen MR) is 118 cm³/mol. The van der Waals surface area contributed by atoms with Crippen molar-refractivity contribution in [2.24, 2.45) is 23.2 Å². The summed E-state index contributed by atoms with van der Waals surface area (Å²) in [5.41, 5.74) is 14.8. The van der Waals surface area contributed by atoms with Gasteiger partial charge in [-0.05, 0) is 37.2 Å². The maximum Gasteiger partial charge on any atom is 0.264 e. The molecule has 0 aromatic carbocycles. The van der Waals surface area contributed by atoms with Crippen LogP contribution < -0.4 is 21.9 Å². The zero-order valence-corrected chi connectivity index (χ0v) is 17.8. The zero-order chi connectivity index (χ0) is 21.0. The summed E-state index contributed by atoms with van der Waals surface area (Å²) in [6.45, 7) is 2.09. The average Bonchev–Trinajstić information content (AvgIpc) is 3.32. The highest BCUT2D eigenvalue weighted by Crippen LogP contribution is 2.45. The number of aliphatic imine (C=N–C) groups is 1. The third-order valence-corrected chi connectivity index (χ3v) is 7.55. The number of nitrogens with two attached hydrogens (primary N) is 2. The standard InChI is InChI=1S/C21H26ClN7O/c1-28-19(30)15-13(11-26-17(15)12-4-8-25-18(24)16(12)22)27-20(28)29-9-6-21(7-10-29)5-2-3-14(21)23/h4,8,14H,2-3,5-7,9-11,23H2,1H3,(H2,24,25)/t14-/m1/s1. The molecule has 0 radical (unpaired) electrons. The highest BCUT2D eigenvalue weighted by molar-refractivity contribution is 6.37. The van der Waals surface area contributed by atoms with Crippen molar-refractivity contribution in [3.8, 4) is 0 Å². The van der Waals surface area contributed by atoms with E-state index in [1.807, 2.05) is 0 Å². The monoisotopic (exact) mass is 427 g/mol. The molecule has 30 heavy (non-hydrogen) atoms. The Morgan fingerprint density at radius 3 is 2.73 bits per heavy atom. The molecule has 1 saturated heterocycles. The topological polar surface area (TPSA) is 115 Å². The summed E-state index contributed by atoms with van der Waals surface area (Å²) < 4.78 is 1.63. The van der Waals surface area contributed by atoms with Crippen molar-refractivity contribution in [3.63, 3.8) is 0 Å². The van der Waals surface area contributed by atoms with Crippen LogP contribution in [0.2, 0.25) is 5.02 Å². The second-order valence-corrected chi connectivity index (χ2v) is 9.05. The fourth-order valence-corrected chi connectivity index (χ4v) is 5.50. The largest absolute Gasteiger partial charge is 0.382 e. The Morgan fingerprint density at radius 2 is 2.03 bits per heavy atom. The Morgan fingerprint density at radius 1 is 1.27 bits per heavy atom. The molecule has 9 heteroatoms. The van der Waals surface area contributed by atoms with Gasteiger partial charge in [-0.2, -0.15) is 0 Å². The lowest BCUT2D eigenvalue weighted by atomic mass is 9.74. The van der Waals surface area contributed by atoms with Gasteiger partial charge in [0, 0.05) is 37.9 Å². The minimum Gasteiger partial charge on any atom is -0.382 e. The molecule has 1 saturated carbocycles. The van der Waals surface area contributed by atoms with Crippen molar-refractivity contribution in [2.45, 2.75) is 44.7 Å². The van der Waals surface area contributed by atoms with Gasteiger partial charge >= 0.3 is 0 Å². The molecule has 4 N–H and O–H groups in total. The number of aromatic nitrogens is 3. The number of nitrogens with zero attached hydrogens (tertiary/aromatic N) is 5. The Labute approximate surface area is 180 Å². The lowest BCUT2D eigenvalue weighted by Gasteiger charge is -2.42. The summed E-state index contributed by atoms with van der Waals surface area (Å²) in [6.07, 6.45) is 7.23. The van der Waals surface area contributed by atoms with Crippen LogP contribution in [0.15, 0.2) is 22.1 Å². The maximum absolute atomic E-state index is 13.3. The summed E-state index contributed by atoms with van der Waals surface area (Å²) >= 11 is 6.34. The molecule has 2 fully saturated rings. The van der Waals surface area contributed by atoms with Crippen molar-refractivity contribution >= 4 is 29.1 Å². The first-order valence-corrected chi connectivity index (χ1v) is 10.8. The van der Waals surface area contributed by atoms with E-state index in [1.165, 1.54) is 12.8 Å². The van der Waals surface area contributed by atoms with Gasteiger partial charge in [-0.25, -0.2) is 9.97 Å². The maximum atomic E-state index is 13.3. The zero-order valence-electron chi connectivity index (χ0n) is 17.1. The van der Waals surface area contributed by atoms with E-state index in [1.54, 1.807) is 23.9 Å². The van der Waals surface area contributed by atoms with Crippen molar-refractivity contribution in [2.75, 3.05) is 23.7 Å². The number of hydrogen-bond donors (Lipinski definition) is 2. The van der Waals surface area contributed by atoms with Gasteiger partial charge in [-0.1, -0.05) is 18.0 Å². The Balaban J connectivity index is 1.47. The fraction of sp³-hybridized carbons (Fsp3) is 0.524. The normalized spacial score (nSPS) is 22.4. The number of rotatable bonds is 2. The minimum atomic E-state index is -0.115. The molecule has 0 unspecified atom stereocenters. The van der Waals surface area contributed by atoms with Gasteiger partial charge in [0.2, 0.25) is 5.95 Å². The fourth-order valence-electron chi connectivity index (χ4n) is 5.30. The number of hydrogen-bond acceptors (Lipinski definition) is 7. The third kappa shape index (κ3) is 2.85. The lowest BCUT2D eigenvalue weighted by molar-refractivity contribution is 0.196. The summed E-state index contributed by atoms with van der Waals surface area (Å²) in [5.74, 6) is 0.927.